The van der Waals surface area contributed by atoms with Gasteiger partial charge in [0, 0.05) is 18.7 Å². The van der Waals surface area contributed by atoms with Gasteiger partial charge < -0.3 is 16.0 Å². The second kappa shape index (κ2) is 6.02. The van der Waals surface area contributed by atoms with Gasteiger partial charge in [-0.05, 0) is 50.6 Å². The first-order valence-corrected chi connectivity index (χ1v) is 6.58. The predicted molar refractivity (Wildman–Crippen MR) is 73.4 cm³/mol. The monoisotopic (exact) mass is 265 g/mol. The number of nitrogen functional groups attached to an aromatic ring is 1. The molecule has 1 heterocycles. The zero-order valence-electron chi connectivity index (χ0n) is 11.2. The molecular formula is C14H20FN3O. The largest absolute Gasteiger partial charge is 0.396 e. The topological polar surface area (TPSA) is 58.4 Å². The van der Waals surface area contributed by atoms with Crippen molar-refractivity contribution in [1.82, 2.24) is 10.2 Å². The lowest BCUT2D eigenvalue weighted by atomic mass is 9.98. The van der Waals surface area contributed by atoms with E-state index in [1.165, 1.54) is 24.6 Å². The second-order valence-corrected chi connectivity index (χ2v) is 5.22. The molecule has 0 radical (unpaired) electrons. The van der Waals surface area contributed by atoms with Crippen LogP contribution in [-0.2, 0) is 0 Å². The van der Waals surface area contributed by atoms with Crippen molar-refractivity contribution < 1.29 is 9.18 Å². The quantitative estimate of drug-likeness (QED) is 0.814. The van der Waals surface area contributed by atoms with E-state index in [0.717, 1.165) is 19.5 Å². The van der Waals surface area contributed by atoms with E-state index in [1.54, 1.807) is 0 Å². The molecule has 1 amide bonds. The van der Waals surface area contributed by atoms with Crippen LogP contribution < -0.4 is 11.1 Å². The highest BCUT2D eigenvalue weighted by Crippen LogP contribution is 2.15. The first-order valence-electron chi connectivity index (χ1n) is 6.58. The van der Waals surface area contributed by atoms with Crippen molar-refractivity contribution in [2.45, 2.75) is 12.8 Å². The van der Waals surface area contributed by atoms with Crippen molar-refractivity contribution in [3.8, 4) is 0 Å². The Hall–Kier alpha value is -1.62. The first-order chi connectivity index (χ1) is 9.06. The summed E-state index contributed by atoms with van der Waals surface area (Å²) in [4.78, 5) is 14.2. The van der Waals surface area contributed by atoms with Crippen molar-refractivity contribution in [3.63, 3.8) is 0 Å². The fourth-order valence-corrected chi connectivity index (χ4v) is 2.46. The Balaban J connectivity index is 1.88. The van der Waals surface area contributed by atoms with Crippen molar-refractivity contribution >= 4 is 11.6 Å². The number of likely N-dealkylation sites (tertiary alicyclic amines) is 1. The molecule has 1 saturated heterocycles. The summed E-state index contributed by atoms with van der Waals surface area (Å²) in [6, 6.07) is 4.05. The van der Waals surface area contributed by atoms with Crippen molar-refractivity contribution in [2.75, 3.05) is 32.4 Å². The predicted octanol–water partition coefficient (Wildman–Crippen LogP) is 1.48. The lowest BCUT2D eigenvalue weighted by Gasteiger charge is -2.29. The van der Waals surface area contributed by atoms with Gasteiger partial charge in [0.05, 0.1) is 5.69 Å². The summed E-state index contributed by atoms with van der Waals surface area (Å²) in [6.45, 7) is 2.78. The molecule has 1 atom stereocenters. The van der Waals surface area contributed by atoms with Gasteiger partial charge in [0.1, 0.15) is 5.82 Å². The molecule has 2 rings (SSSR count). The Morgan fingerprint density at radius 3 is 3.05 bits per heavy atom. The molecule has 1 unspecified atom stereocenters. The van der Waals surface area contributed by atoms with Crippen molar-refractivity contribution in [3.05, 3.63) is 29.6 Å². The number of anilines is 1. The first kappa shape index (κ1) is 13.8. The van der Waals surface area contributed by atoms with Gasteiger partial charge in [-0.1, -0.05) is 0 Å². The lowest BCUT2D eigenvalue weighted by Crippen LogP contribution is -2.39. The van der Waals surface area contributed by atoms with E-state index in [4.69, 9.17) is 5.73 Å². The van der Waals surface area contributed by atoms with E-state index >= 15 is 0 Å². The lowest BCUT2D eigenvalue weighted by molar-refractivity contribution is 0.0937. The highest BCUT2D eigenvalue weighted by molar-refractivity contribution is 5.95. The summed E-state index contributed by atoms with van der Waals surface area (Å²) < 4.78 is 13.0. The molecule has 1 aromatic rings. The third kappa shape index (κ3) is 3.67. The van der Waals surface area contributed by atoms with E-state index in [2.05, 4.69) is 17.3 Å². The van der Waals surface area contributed by atoms with Crippen LogP contribution in [0.3, 0.4) is 0 Å². The van der Waals surface area contributed by atoms with Crippen LogP contribution >= 0.6 is 0 Å². The number of halogens is 1. The number of hydrogen-bond donors (Lipinski definition) is 2. The summed E-state index contributed by atoms with van der Waals surface area (Å²) in [6.07, 6.45) is 2.30. The number of carbonyl (C=O) groups is 1. The van der Waals surface area contributed by atoms with E-state index in [-0.39, 0.29) is 11.6 Å². The summed E-state index contributed by atoms with van der Waals surface area (Å²) in [5.74, 6) is -0.203. The van der Waals surface area contributed by atoms with E-state index in [9.17, 15) is 9.18 Å². The summed E-state index contributed by atoms with van der Waals surface area (Å²) in [5, 5.41) is 2.89. The molecule has 104 valence electrons. The Kier molecular flexibility index (Phi) is 4.37. The molecule has 1 aliphatic heterocycles. The number of piperidine rings is 1. The van der Waals surface area contributed by atoms with E-state index in [0.29, 0.717) is 18.0 Å². The Labute approximate surface area is 112 Å². The van der Waals surface area contributed by atoms with Crippen LogP contribution in [0.5, 0.6) is 0 Å². The minimum Gasteiger partial charge on any atom is -0.396 e. The molecule has 1 fully saturated rings. The highest BCUT2D eigenvalue weighted by atomic mass is 19.1. The van der Waals surface area contributed by atoms with Gasteiger partial charge in [-0.3, -0.25) is 4.79 Å². The van der Waals surface area contributed by atoms with Gasteiger partial charge in [0.15, 0.2) is 0 Å². The molecular weight excluding hydrogens is 245 g/mol. The third-order valence-corrected chi connectivity index (χ3v) is 3.53. The number of hydrogen-bond acceptors (Lipinski definition) is 3. The van der Waals surface area contributed by atoms with Crippen LogP contribution in [0.4, 0.5) is 10.1 Å². The normalized spacial score (nSPS) is 20.2. The summed E-state index contributed by atoms with van der Waals surface area (Å²) >= 11 is 0. The van der Waals surface area contributed by atoms with Gasteiger partial charge in [-0.2, -0.15) is 0 Å². The third-order valence-electron chi connectivity index (χ3n) is 3.53. The van der Waals surface area contributed by atoms with E-state index in [1.807, 2.05) is 0 Å². The average Bonchev–Trinajstić information content (AvgIpc) is 2.39. The van der Waals surface area contributed by atoms with Crippen LogP contribution in [0.15, 0.2) is 18.2 Å². The molecule has 19 heavy (non-hydrogen) atoms. The number of amides is 1. The minimum absolute atomic E-state index is 0.00468. The second-order valence-electron chi connectivity index (χ2n) is 5.22. The van der Waals surface area contributed by atoms with Crippen LogP contribution in [0.1, 0.15) is 23.2 Å². The van der Waals surface area contributed by atoms with Crippen molar-refractivity contribution in [1.29, 1.82) is 0 Å². The zero-order chi connectivity index (χ0) is 13.8. The maximum atomic E-state index is 13.0. The Bertz CT molecular complexity index is 464. The SMILES string of the molecule is CN1CCCC(CNC(=O)c2ccc(F)c(N)c2)C1. The Morgan fingerprint density at radius 2 is 2.37 bits per heavy atom. The van der Waals surface area contributed by atoms with Crippen LogP contribution in [0.25, 0.3) is 0 Å². The fraction of sp³-hybridized carbons (Fsp3) is 0.500. The number of nitrogens with one attached hydrogen (secondary N) is 1. The highest BCUT2D eigenvalue weighted by Gasteiger charge is 2.18. The molecule has 4 nitrogen and oxygen atoms in total. The standard InChI is InChI=1S/C14H20FN3O/c1-18-6-2-3-10(9-18)8-17-14(19)11-4-5-12(15)13(16)7-11/h4-5,7,10H,2-3,6,8-9,16H2,1H3,(H,17,19). The molecule has 1 aromatic carbocycles. The molecule has 0 aliphatic carbocycles. The number of benzene rings is 1. The molecule has 5 heteroatoms. The number of nitrogens with two attached hydrogens (primary N) is 1. The maximum absolute atomic E-state index is 13.0. The number of nitrogens with zero attached hydrogens (tertiary/aromatic N) is 1. The van der Waals surface area contributed by atoms with E-state index < -0.39 is 5.82 Å². The summed E-state index contributed by atoms with van der Waals surface area (Å²) in [5.41, 5.74) is 5.86. The van der Waals surface area contributed by atoms with Crippen LogP contribution in [0, 0.1) is 11.7 Å². The maximum Gasteiger partial charge on any atom is 0.251 e. The zero-order valence-corrected chi connectivity index (χ0v) is 11.2. The smallest absolute Gasteiger partial charge is 0.251 e. The molecule has 1 aliphatic rings. The van der Waals surface area contributed by atoms with Gasteiger partial charge in [-0.25, -0.2) is 4.39 Å². The minimum atomic E-state index is -0.495. The number of carbonyl (C=O) groups excluding carboxylic acids is 1. The summed E-state index contributed by atoms with van der Waals surface area (Å²) in [7, 11) is 2.09. The Morgan fingerprint density at radius 1 is 1.58 bits per heavy atom. The fourth-order valence-electron chi connectivity index (χ4n) is 2.46. The molecule has 0 saturated carbocycles. The molecule has 0 aromatic heterocycles. The van der Waals surface area contributed by atoms with Crippen LogP contribution in [-0.4, -0.2) is 37.5 Å². The van der Waals surface area contributed by atoms with Crippen molar-refractivity contribution in [2.24, 2.45) is 5.92 Å². The van der Waals surface area contributed by atoms with Gasteiger partial charge >= 0.3 is 0 Å². The molecule has 0 bridgehead atoms. The van der Waals surface area contributed by atoms with Gasteiger partial charge in [0.2, 0.25) is 0 Å². The van der Waals surface area contributed by atoms with Gasteiger partial charge in [-0.15, -0.1) is 0 Å². The van der Waals surface area contributed by atoms with Crippen LogP contribution in [0.2, 0.25) is 0 Å². The number of rotatable bonds is 3. The average molecular weight is 265 g/mol. The molecule has 0 spiro atoms. The molecule has 3 N–H and O–H groups in total. The van der Waals surface area contributed by atoms with Gasteiger partial charge in [0.25, 0.3) is 5.91 Å².